The highest BCUT2D eigenvalue weighted by Crippen LogP contribution is 2.08. The van der Waals surface area contributed by atoms with Crippen molar-refractivity contribution in [2.45, 2.75) is 26.8 Å². The minimum Gasteiger partial charge on any atom is -0.342 e. The zero-order valence-electron chi connectivity index (χ0n) is 11.1. The van der Waals surface area contributed by atoms with E-state index >= 15 is 0 Å². The molecule has 1 unspecified atom stereocenters. The Balaban J connectivity index is 2.48. The third-order valence-corrected chi connectivity index (χ3v) is 2.87. The second-order valence-corrected chi connectivity index (χ2v) is 4.07. The first-order valence-electron chi connectivity index (χ1n) is 6.21. The van der Waals surface area contributed by atoms with Gasteiger partial charge >= 0.3 is 0 Å². The van der Waals surface area contributed by atoms with Gasteiger partial charge in [0.05, 0.1) is 18.4 Å². The van der Waals surface area contributed by atoms with Crippen LogP contribution in [0.1, 0.15) is 32.5 Å². The maximum absolute atomic E-state index is 12.7. The number of hydrogen-bond donors (Lipinski definition) is 1. The first kappa shape index (κ1) is 14.6. The van der Waals surface area contributed by atoms with Gasteiger partial charge in [-0.05, 0) is 32.9 Å². The van der Waals surface area contributed by atoms with Crippen molar-refractivity contribution in [2.75, 3.05) is 19.6 Å². The Bertz CT molecular complexity index is 376. The van der Waals surface area contributed by atoms with E-state index in [1.165, 1.54) is 12.3 Å². The number of rotatable bonds is 6. The van der Waals surface area contributed by atoms with Gasteiger partial charge in [-0.25, -0.2) is 4.39 Å². The molecule has 1 rings (SSSR count). The summed E-state index contributed by atoms with van der Waals surface area (Å²) in [6.07, 6.45) is 1.18. The molecule has 0 radical (unpaired) electrons. The second kappa shape index (κ2) is 7.06. The molecule has 1 heterocycles. The van der Waals surface area contributed by atoms with E-state index in [-0.39, 0.29) is 24.3 Å². The number of likely N-dealkylation sites (N-methyl/N-ethyl adjacent to an activating group) is 1. The van der Waals surface area contributed by atoms with Crippen LogP contribution >= 0.6 is 0 Å². The number of hydrogen-bond acceptors (Lipinski definition) is 3. The van der Waals surface area contributed by atoms with Gasteiger partial charge in [0.2, 0.25) is 5.91 Å². The fourth-order valence-corrected chi connectivity index (χ4v) is 1.68. The number of amides is 1. The molecule has 0 aliphatic rings. The van der Waals surface area contributed by atoms with E-state index in [4.69, 9.17) is 0 Å². The zero-order valence-corrected chi connectivity index (χ0v) is 11.1. The monoisotopic (exact) mass is 253 g/mol. The highest BCUT2D eigenvalue weighted by atomic mass is 19.1. The van der Waals surface area contributed by atoms with Crippen molar-refractivity contribution < 1.29 is 9.18 Å². The Kier molecular flexibility index (Phi) is 5.71. The lowest BCUT2D eigenvalue weighted by Gasteiger charge is -2.20. The van der Waals surface area contributed by atoms with Crippen molar-refractivity contribution in [1.29, 1.82) is 0 Å². The number of carbonyl (C=O) groups excluding carboxylic acids is 1. The molecule has 0 spiro atoms. The predicted molar refractivity (Wildman–Crippen MR) is 68.5 cm³/mol. The van der Waals surface area contributed by atoms with Crippen molar-refractivity contribution in [1.82, 2.24) is 15.2 Å². The third kappa shape index (κ3) is 4.07. The minimum atomic E-state index is -0.356. The summed E-state index contributed by atoms with van der Waals surface area (Å²) < 4.78 is 12.7. The Morgan fingerprint density at radius 2 is 2.11 bits per heavy atom. The van der Waals surface area contributed by atoms with Crippen molar-refractivity contribution in [3.8, 4) is 0 Å². The van der Waals surface area contributed by atoms with Gasteiger partial charge in [-0.1, -0.05) is 0 Å². The second-order valence-electron chi connectivity index (χ2n) is 4.07. The molecule has 4 nitrogen and oxygen atoms in total. The third-order valence-electron chi connectivity index (χ3n) is 2.87. The molecule has 100 valence electrons. The van der Waals surface area contributed by atoms with Gasteiger partial charge in [0.1, 0.15) is 5.82 Å². The molecule has 0 fully saturated rings. The first-order chi connectivity index (χ1) is 8.58. The lowest BCUT2D eigenvalue weighted by molar-refractivity contribution is -0.129. The van der Waals surface area contributed by atoms with Gasteiger partial charge in [0.15, 0.2) is 0 Å². The number of aromatic nitrogens is 1. The number of pyridine rings is 1. The van der Waals surface area contributed by atoms with E-state index in [2.05, 4.69) is 10.3 Å². The smallest absolute Gasteiger partial charge is 0.236 e. The molecule has 18 heavy (non-hydrogen) atoms. The zero-order chi connectivity index (χ0) is 13.5. The molecule has 1 aromatic rings. The minimum absolute atomic E-state index is 0.0639. The summed E-state index contributed by atoms with van der Waals surface area (Å²) in [6, 6.07) is 2.91. The van der Waals surface area contributed by atoms with Crippen molar-refractivity contribution in [3.63, 3.8) is 0 Å². The van der Waals surface area contributed by atoms with Crippen molar-refractivity contribution in [2.24, 2.45) is 0 Å². The van der Waals surface area contributed by atoms with Crippen LogP contribution in [0, 0.1) is 5.82 Å². The van der Waals surface area contributed by atoms with Gasteiger partial charge in [-0.3, -0.25) is 9.78 Å². The summed E-state index contributed by atoms with van der Waals surface area (Å²) in [7, 11) is 0. The molecule has 0 saturated heterocycles. The summed E-state index contributed by atoms with van der Waals surface area (Å²) in [5, 5.41) is 3.09. The largest absolute Gasteiger partial charge is 0.342 e. The lowest BCUT2D eigenvalue weighted by Crippen LogP contribution is -2.38. The van der Waals surface area contributed by atoms with Gasteiger partial charge in [-0.2, -0.15) is 0 Å². The molecule has 0 aromatic carbocycles. The molecule has 5 heteroatoms. The Morgan fingerprint density at radius 1 is 1.44 bits per heavy atom. The summed E-state index contributed by atoms with van der Waals surface area (Å²) in [4.78, 5) is 17.5. The van der Waals surface area contributed by atoms with E-state index in [0.29, 0.717) is 13.1 Å². The SMILES string of the molecule is CCN(CC)C(=O)CNC(C)c1ccc(F)cn1. The summed E-state index contributed by atoms with van der Waals surface area (Å²) in [5.74, 6) is -0.292. The van der Waals surface area contributed by atoms with Crippen LogP contribution in [0.4, 0.5) is 4.39 Å². The molecule has 1 N–H and O–H groups in total. The molecule has 0 aliphatic heterocycles. The van der Waals surface area contributed by atoms with Crippen LogP contribution < -0.4 is 5.32 Å². The van der Waals surface area contributed by atoms with Gasteiger partial charge in [0.25, 0.3) is 0 Å². The highest BCUT2D eigenvalue weighted by Gasteiger charge is 2.12. The number of nitrogens with one attached hydrogen (secondary N) is 1. The standard InChI is InChI=1S/C13H20FN3O/c1-4-17(5-2)13(18)9-15-10(3)12-7-6-11(14)8-16-12/h6-8,10,15H,4-5,9H2,1-3H3. The predicted octanol–water partition coefficient (Wildman–Crippen LogP) is 1.74. The molecule has 0 aliphatic carbocycles. The highest BCUT2D eigenvalue weighted by molar-refractivity contribution is 5.78. The van der Waals surface area contributed by atoms with Gasteiger partial charge in [0, 0.05) is 19.1 Å². The maximum atomic E-state index is 12.7. The number of halogens is 1. The van der Waals surface area contributed by atoms with Gasteiger partial charge in [-0.15, -0.1) is 0 Å². The Hall–Kier alpha value is -1.49. The Labute approximate surface area is 107 Å². The van der Waals surface area contributed by atoms with Crippen LogP contribution in [0.25, 0.3) is 0 Å². The van der Waals surface area contributed by atoms with E-state index in [1.54, 1.807) is 11.0 Å². The Morgan fingerprint density at radius 3 is 2.61 bits per heavy atom. The van der Waals surface area contributed by atoms with E-state index in [9.17, 15) is 9.18 Å². The molecule has 1 atom stereocenters. The van der Waals surface area contributed by atoms with Crippen molar-refractivity contribution >= 4 is 5.91 Å². The molecule has 1 aromatic heterocycles. The fraction of sp³-hybridized carbons (Fsp3) is 0.538. The van der Waals surface area contributed by atoms with Crippen molar-refractivity contribution in [3.05, 3.63) is 29.8 Å². The fourth-order valence-electron chi connectivity index (χ4n) is 1.68. The topological polar surface area (TPSA) is 45.2 Å². The average molecular weight is 253 g/mol. The van der Waals surface area contributed by atoms with E-state index < -0.39 is 0 Å². The molecular formula is C13H20FN3O. The lowest BCUT2D eigenvalue weighted by atomic mass is 10.2. The van der Waals surface area contributed by atoms with E-state index in [0.717, 1.165) is 5.69 Å². The van der Waals surface area contributed by atoms with Crippen LogP contribution in [-0.2, 0) is 4.79 Å². The quantitative estimate of drug-likeness (QED) is 0.840. The normalized spacial score (nSPS) is 12.2. The molecule has 1 amide bonds. The van der Waals surface area contributed by atoms with Crippen LogP contribution in [0.5, 0.6) is 0 Å². The van der Waals surface area contributed by atoms with Crippen LogP contribution in [0.15, 0.2) is 18.3 Å². The number of carbonyl (C=O) groups is 1. The van der Waals surface area contributed by atoms with Crippen LogP contribution in [-0.4, -0.2) is 35.4 Å². The summed E-state index contributed by atoms with van der Waals surface area (Å²) in [6.45, 7) is 7.48. The van der Waals surface area contributed by atoms with Crippen LogP contribution in [0.3, 0.4) is 0 Å². The molecular weight excluding hydrogens is 233 g/mol. The molecule has 0 saturated carbocycles. The summed E-state index contributed by atoms with van der Waals surface area (Å²) in [5.41, 5.74) is 0.726. The maximum Gasteiger partial charge on any atom is 0.236 e. The average Bonchev–Trinajstić information content (AvgIpc) is 2.38. The summed E-state index contributed by atoms with van der Waals surface area (Å²) >= 11 is 0. The van der Waals surface area contributed by atoms with Crippen LogP contribution in [0.2, 0.25) is 0 Å². The van der Waals surface area contributed by atoms with E-state index in [1.807, 2.05) is 20.8 Å². The van der Waals surface area contributed by atoms with Gasteiger partial charge < -0.3 is 10.2 Å². The first-order valence-corrected chi connectivity index (χ1v) is 6.21. The number of nitrogens with zero attached hydrogens (tertiary/aromatic N) is 2. The molecule has 0 bridgehead atoms.